The Morgan fingerprint density at radius 1 is 1.54 bits per heavy atom. The Kier molecular flexibility index (Phi) is 2.26. The van der Waals surface area contributed by atoms with E-state index in [4.69, 9.17) is 5.11 Å². The van der Waals surface area contributed by atoms with Crippen LogP contribution >= 0.6 is 0 Å². The maximum atomic E-state index is 11.4. The standard InChI is InChI=1S/C9H16N2O2/c12-6-9(1-2-9)11-8(13)3-7-4-10-5-7/h7,10,12H,1-6H2,(H,11,13). The molecular formula is C9H16N2O2. The van der Waals surface area contributed by atoms with Gasteiger partial charge in [-0.05, 0) is 31.8 Å². The van der Waals surface area contributed by atoms with Crippen LogP contribution in [-0.4, -0.2) is 36.2 Å². The highest BCUT2D eigenvalue weighted by Crippen LogP contribution is 2.34. The van der Waals surface area contributed by atoms with Gasteiger partial charge in [-0.15, -0.1) is 0 Å². The van der Waals surface area contributed by atoms with E-state index in [1.54, 1.807) is 0 Å². The molecule has 0 spiro atoms. The van der Waals surface area contributed by atoms with Crippen LogP contribution in [0.3, 0.4) is 0 Å². The third-order valence-corrected chi connectivity index (χ3v) is 2.90. The van der Waals surface area contributed by atoms with Crippen molar-refractivity contribution in [2.75, 3.05) is 19.7 Å². The molecule has 3 N–H and O–H groups in total. The third kappa shape index (κ3) is 2.00. The van der Waals surface area contributed by atoms with Crippen molar-refractivity contribution in [3.05, 3.63) is 0 Å². The smallest absolute Gasteiger partial charge is 0.220 e. The van der Waals surface area contributed by atoms with E-state index in [9.17, 15) is 4.79 Å². The monoisotopic (exact) mass is 184 g/mol. The van der Waals surface area contributed by atoms with Crippen LogP contribution in [0.4, 0.5) is 0 Å². The van der Waals surface area contributed by atoms with Crippen LogP contribution in [0.1, 0.15) is 19.3 Å². The number of rotatable bonds is 4. The lowest BCUT2D eigenvalue weighted by Crippen LogP contribution is -2.47. The summed E-state index contributed by atoms with van der Waals surface area (Å²) in [6, 6.07) is 0. The zero-order valence-corrected chi connectivity index (χ0v) is 7.68. The average molecular weight is 184 g/mol. The molecule has 0 radical (unpaired) electrons. The number of nitrogens with one attached hydrogen (secondary N) is 2. The maximum Gasteiger partial charge on any atom is 0.220 e. The predicted octanol–water partition coefficient (Wildman–Crippen LogP) is -0.763. The average Bonchev–Trinajstić information content (AvgIpc) is 2.78. The van der Waals surface area contributed by atoms with Crippen molar-refractivity contribution in [2.24, 2.45) is 5.92 Å². The van der Waals surface area contributed by atoms with Crippen molar-refractivity contribution in [1.82, 2.24) is 10.6 Å². The second kappa shape index (κ2) is 3.27. The molecule has 1 saturated carbocycles. The van der Waals surface area contributed by atoms with Gasteiger partial charge in [0.2, 0.25) is 5.91 Å². The van der Waals surface area contributed by atoms with Gasteiger partial charge in [-0.1, -0.05) is 0 Å². The first-order chi connectivity index (χ1) is 6.24. The predicted molar refractivity (Wildman–Crippen MR) is 48.2 cm³/mol. The Bertz CT molecular complexity index is 210. The van der Waals surface area contributed by atoms with Gasteiger partial charge < -0.3 is 15.7 Å². The molecule has 4 heteroatoms. The number of aliphatic hydroxyl groups excluding tert-OH is 1. The molecule has 74 valence electrons. The zero-order chi connectivity index (χ0) is 9.31. The largest absolute Gasteiger partial charge is 0.394 e. The summed E-state index contributed by atoms with van der Waals surface area (Å²) < 4.78 is 0. The molecule has 0 unspecified atom stereocenters. The Morgan fingerprint density at radius 3 is 2.62 bits per heavy atom. The minimum absolute atomic E-state index is 0.0850. The van der Waals surface area contributed by atoms with Crippen molar-refractivity contribution >= 4 is 5.91 Å². The van der Waals surface area contributed by atoms with E-state index in [-0.39, 0.29) is 18.1 Å². The van der Waals surface area contributed by atoms with Crippen LogP contribution in [0.5, 0.6) is 0 Å². The summed E-state index contributed by atoms with van der Waals surface area (Å²) in [4.78, 5) is 11.4. The van der Waals surface area contributed by atoms with Crippen molar-refractivity contribution in [3.8, 4) is 0 Å². The third-order valence-electron chi connectivity index (χ3n) is 2.90. The number of carbonyl (C=O) groups is 1. The molecule has 1 aliphatic heterocycles. The summed E-state index contributed by atoms with van der Waals surface area (Å²) in [6.45, 7) is 2.00. The van der Waals surface area contributed by atoms with Crippen LogP contribution < -0.4 is 10.6 Å². The van der Waals surface area contributed by atoms with Gasteiger partial charge in [0.15, 0.2) is 0 Å². The van der Waals surface area contributed by atoms with Crippen LogP contribution in [0, 0.1) is 5.92 Å². The van der Waals surface area contributed by atoms with E-state index in [0.29, 0.717) is 12.3 Å². The van der Waals surface area contributed by atoms with Crippen molar-refractivity contribution < 1.29 is 9.90 Å². The van der Waals surface area contributed by atoms with E-state index >= 15 is 0 Å². The van der Waals surface area contributed by atoms with Crippen molar-refractivity contribution in [3.63, 3.8) is 0 Å². The first-order valence-electron chi connectivity index (χ1n) is 4.87. The molecule has 0 atom stereocenters. The second-order valence-electron chi connectivity index (χ2n) is 4.22. The number of hydrogen-bond acceptors (Lipinski definition) is 3. The lowest BCUT2D eigenvalue weighted by molar-refractivity contribution is -0.123. The summed E-state index contributed by atoms with van der Waals surface area (Å²) in [7, 11) is 0. The molecular weight excluding hydrogens is 168 g/mol. The summed E-state index contributed by atoms with van der Waals surface area (Å²) in [5.41, 5.74) is -0.242. The van der Waals surface area contributed by atoms with Gasteiger partial charge >= 0.3 is 0 Å². The molecule has 4 nitrogen and oxygen atoms in total. The second-order valence-corrected chi connectivity index (χ2v) is 4.22. The quantitative estimate of drug-likeness (QED) is 0.538. The number of hydrogen-bond donors (Lipinski definition) is 3. The van der Waals surface area contributed by atoms with Gasteiger partial charge in [0.1, 0.15) is 0 Å². The van der Waals surface area contributed by atoms with Gasteiger partial charge in [-0.2, -0.15) is 0 Å². The highest BCUT2D eigenvalue weighted by atomic mass is 16.3. The van der Waals surface area contributed by atoms with Crippen LogP contribution in [0.2, 0.25) is 0 Å². The molecule has 2 aliphatic rings. The van der Waals surface area contributed by atoms with E-state index in [1.807, 2.05) is 0 Å². The normalized spacial score (nSPS) is 25.0. The van der Waals surface area contributed by atoms with Gasteiger partial charge in [-0.25, -0.2) is 0 Å². The number of aliphatic hydroxyl groups is 1. The minimum atomic E-state index is -0.242. The van der Waals surface area contributed by atoms with Gasteiger partial charge in [0.25, 0.3) is 0 Å². The van der Waals surface area contributed by atoms with Crippen LogP contribution in [0.25, 0.3) is 0 Å². The molecule has 2 fully saturated rings. The van der Waals surface area contributed by atoms with Crippen LogP contribution in [0.15, 0.2) is 0 Å². The minimum Gasteiger partial charge on any atom is -0.394 e. The lowest BCUT2D eigenvalue weighted by Gasteiger charge is -2.27. The fraction of sp³-hybridized carbons (Fsp3) is 0.889. The molecule has 1 aliphatic carbocycles. The molecule has 0 aromatic heterocycles. The molecule has 0 bridgehead atoms. The highest BCUT2D eigenvalue weighted by molar-refractivity contribution is 5.77. The fourth-order valence-electron chi connectivity index (χ4n) is 1.58. The maximum absolute atomic E-state index is 11.4. The van der Waals surface area contributed by atoms with Gasteiger partial charge in [-0.3, -0.25) is 4.79 Å². The van der Waals surface area contributed by atoms with E-state index in [0.717, 1.165) is 25.9 Å². The molecule has 1 amide bonds. The first-order valence-corrected chi connectivity index (χ1v) is 4.87. The SMILES string of the molecule is O=C(CC1CNC1)NC1(CO)CC1. The molecule has 13 heavy (non-hydrogen) atoms. The summed E-state index contributed by atoms with van der Waals surface area (Å²) in [5, 5.41) is 15.0. The van der Waals surface area contributed by atoms with Gasteiger partial charge in [0.05, 0.1) is 12.1 Å². The first kappa shape index (κ1) is 8.97. The summed E-state index contributed by atoms with van der Waals surface area (Å²) >= 11 is 0. The molecule has 1 heterocycles. The van der Waals surface area contributed by atoms with Crippen LogP contribution in [-0.2, 0) is 4.79 Å². The van der Waals surface area contributed by atoms with E-state index < -0.39 is 0 Å². The van der Waals surface area contributed by atoms with Crippen molar-refractivity contribution in [1.29, 1.82) is 0 Å². The van der Waals surface area contributed by atoms with Gasteiger partial charge in [0, 0.05) is 6.42 Å². The van der Waals surface area contributed by atoms with E-state index in [1.165, 1.54) is 0 Å². The Hall–Kier alpha value is -0.610. The van der Waals surface area contributed by atoms with Crippen molar-refractivity contribution in [2.45, 2.75) is 24.8 Å². The Balaban J connectivity index is 1.71. The molecule has 0 aromatic rings. The molecule has 1 saturated heterocycles. The van der Waals surface area contributed by atoms with E-state index in [2.05, 4.69) is 10.6 Å². The lowest BCUT2D eigenvalue weighted by atomic mass is 9.99. The molecule has 0 aromatic carbocycles. The fourth-order valence-corrected chi connectivity index (χ4v) is 1.58. The Morgan fingerprint density at radius 2 is 2.23 bits per heavy atom. The summed E-state index contributed by atoms with van der Waals surface area (Å²) in [6.07, 6.45) is 2.46. The summed E-state index contributed by atoms with van der Waals surface area (Å²) in [5.74, 6) is 0.604. The highest BCUT2D eigenvalue weighted by Gasteiger charge is 2.43. The topological polar surface area (TPSA) is 61.4 Å². The molecule has 2 rings (SSSR count). The number of amides is 1. The number of carbonyl (C=O) groups excluding carboxylic acids is 1. The Labute approximate surface area is 77.7 Å². The zero-order valence-electron chi connectivity index (χ0n) is 7.68.